The molecule has 37 heavy (non-hydrogen) atoms. The number of nitrogens with one attached hydrogen (secondary N) is 1. The van der Waals surface area contributed by atoms with E-state index in [2.05, 4.69) is 10.3 Å². The Hall–Kier alpha value is -4.15. The number of rotatable bonds is 5. The summed E-state index contributed by atoms with van der Waals surface area (Å²) in [5.74, 6) is -2.35. The molecule has 0 unspecified atom stereocenters. The highest BCUT2D eigenvalue weighted by Gasteiger charge is 2.35. The van der Waals surface area contributed by atoms with E-state index in [0.717, 1.165) is 25.3 Å². The molecule has 0 bridgehead atoms. The minimum Gasteiger partial charge on any atom is -0.496 e. The summed E-state index contributed by atoms with van der Waals surface area (Å²) in [7, 11) is 1.13. The Balaban J connectivity index is 1.52. The Morgan fingerprint density at radius 3 is 2.16 bits per heavy atom. The van der Waals surface area contributed by atoms with E-state index in [1.807, 2.05) is 0 Å². The lowest BCUT2D eigenvalue weighted by molar-refractivity contribution is -0.140. The second kappa shape index (κ2) is 9.72. The number of halogens is 7. The number of methoxy groups -OCH3 is 1. The molecule has 0 radical (unpaired) electrons. The van der Waals surface area contributed by atoms with Gasteiger partial charge in [-0.1, -0.05) is 24.3 Å². The molecule has 0 fully saturated rings. The predicted molar refractivity (Wildman–Crippen MR) is 121 cm³/mol. The molecule has 0 aliphatic rings. The summed E-state index contributed by atoms with van der Waals surface area (Å²) in [6.07, 6.45) is -8.07. The van der Waals surface area contributed by atoms with Crippen LogP contribution in [0.15, 0.2) is 66.9 Å². The van der Waals surface area contributed by atoms with Crippen LogP contribution in [-0.2, 0) is 18.9 Å². The van der Waals surface area contributed by atoms with Gasteiger partial charge < -0.3 is 10.1 Å². The number of hydrogen-bond acceptors (Lipinski definition) is 3. The Kier molecular flexibility index (Phi) is 6.81. The third-order valence-electron chi connectivity index (χ3n) is 5.58. The molecule has 0 spiro atoms. The van der Waals surface area contributed by atoms with Crippen LogP contribution in [0.5, 0.6) is 5.75 Å². The van der Waals surface area contributed by atoms with E-state index >= 15 is 0 Å². The number of amides is 1. The van der Waals surface area contributed by atoms with Crippen LogP contribution >= 0.6 is 0 Å². The van der Waals surface area contributed by atoms with Gasteiger partial charge in [-0.15, -0.1) is 0 Å². The van der Waals surface area contributed by atoms with Gasteiger partial charge in [-0.25, -0.2) is 4.39 Å². The minimum atomic E-state index is -4.80. The van der Waals surface area contributed by atoms with E-state index in [1.165, 1.54) is 24.4 Å². The number of ether oxygens (including phenoxy) is 1. The highest BCUT2D eigenvalue weighted by molar-refractivity contribution is 5.97. The fraction of sp³-hybridized carbons (Fsp3) is 0.154. The van der Waals surface area contributed by atoms with Crippen LogP contribution in [0.25, 0.3) is 21.9 Å². The van der Waals surface area contributed by atoms with Crippen LogP contribution in [0.3, 0.4) is 0 Å². The maximum Gasteiger partial charge on any atom is 0.419 e. The van der Waals surface area contributed by atoms with Gasteiger partial charge in [0.1, 0.15) is 17.3 Å². The Labute approximate surface area is 205 Å². The molecule has 1 aromatic heterocycles. The van der Waals surface area contributed by atoms with Crippen molar-refractivity contribution in [1.29, 1.82) is 0 Å². The fourth-order valence-corrected chi connectivity index (χ4v) is 3.73. The van der Waals surface area contributed by atoms with Crippen LogP contribution in [0.2, 0.25) is 0 Å². The molecule has 1 heterocycles. The van der Waals surface area contributed by atoms with Gasteiger partial charge in [0, 0.05) is 18.1 Å². The molecule has 0 saturated heterocycles. The van der Waals surface area contributed by atoms with Gasteiger partial charge >= 0.3 is 12.4 Å². The molecule has 192 valence electrons. The van der Waals surface area contributed by atoms with Gasteiger partial charge in [0.15, 0.2) is 0 Å². The first kappa shape index (κ1) is 25.9. The van der Waals surface area contributed by atoms with E-state index in [4.69, 9.17) is 4.74 Å². The molecule has 4 nitrogen and oxygen atoms in total. The second-order valence-corrected chi connectivity index (χ2v) is 8.04. The number of fused-ring (bicyclic) bond motifs is 1. The average Bonchev–Trinajstić information content (AvgIpc) is 2.85. The minimum absolute atomic E-state index is 0.00498. The molecular formula is C26H17F7N2O2. The molecule has 4 rings (SSSR count). The van der Waals surface area contributed by atoms with Crippen molar-refractivity contribution in [3.63, 3.8) is 0 Å². The summed E-state index contributed by atoms with van der Waals surface area (Å²) >= 11 is 0. The average molecular weight is 522 g/mol. The van der Waals surface area contributed by atoms with Crippen LogP contribution in [0.4, 0.5) is 30.7 Å². The topological polar surface area (TPSA) is 51.2 Å². The van der Waals surface area contributed by atoms with Crippen molar-refractivity contribution >= 4 is 16.7 Å². The number of carbonyl (C=O) groups is 1. The van der Waals surface area contributed by atoms with E-state index in [1.54, 1.807) is 18.2 Å². The monoisotopic (exact) mass is 522 g/mol. The summed E-state index contributed by atoms with van der Waals surface area (Å²) in [5.41, 5.74) is -1.44. The largest absolute Gasteiger partial charge is 0.496 e. The van der Waals surface area contributed by atoms with Crippen LogP contribution in [0.1, 0.15) is 27.2 Å². The fourth-order valence-electron chi connectivity index (χ4n) is 3.73. The van der Waals surface area contributed by atoms with Crippen molar-refractivity contribution in [2.75, 3.05) is 7.11 Å². The first-order valence-corrected chi connectivity index (χ1v) is 10.7. The van der Waals surface area contributed by atoms with Crippen molar-refractivity contribution in [3.8, 4) is 16.9 Å². The summed E-state index contributed by atoms with van der Waals surface area (Å²) < 4.78 is 96.8. The highest BCUT2D eigenvalue weighted by Crippen LogP contribution is 2.37. The first-order valence-electron chi connectivity index (χ1n) is 10.7. The Morgan fingerprint density at radius 2 is 1.51 bits per heavy atom. The number of alkyl halides is 6. The predicted octanol–water partition coefficient (Wildman–Crippen LogP) is 7.02. The van der Waals surface area contributed by atoms with Gasteiger partial charge in [-0.05, 0) is 58.5 Å². The summed E-state index contributed by atoms with van der Waals surface area (Å²) in [5, 5.41) is 3.62. The summed E-state index contributed by atoms with van der Waals surface area (Å²) in [6, 6.07) is 12.3. The number of carbonyl (C=O) groups excluding carboxylic acids is 1. The van der Waals surface area contributed by atoms with Crippen molar-refractivity contribution in [1.82, 2.24) is 10.3 Å². The molecule has 3 aromatic carbocycles. The van der Waals surface area contributed by atoms with Gasteiger partial charge in [-0.3, -0.25) is 9.78 Å². The molecule has 0 aliphatic carbocycles. The summed E-state index contributed by atoms with van der Waals surface area (Å²) in [4.78, 5) is 16.6. The zero-order valence-electron chi connectivity index (χ0n) is 19.0. The molecule has 1 N–H and O–H groups in total. The SMILES string of the molecule is COc1ccc(CNC(=O)c2cc3ccc(-c4ccc(C(F)(F)F)c(F)c4)cc3cn2)cc1C(F)(F)F. The number of pyridine rings is 1. The first-order chi connectivity index (χ1) is 17.4. The smallest absolute Gasteiger partial charge is 0.419 e. The van der Waals surface area contributed by atoms with Crippen LogP contribution in [-0.4, -0.2) is 18.0 Å². The molecule has 1 amide bonds. The van der Waals surface area contributed by atoms with E-state index in [0.29, 0.717) is 22.4 Å². The lowest BCUT2D eigenvalue weighted by Crippen LogP contribution is -2.24. The van der Waals surface area contributed by atoms with Crippen LogP contribution in [0, 0.1) is 5.82 Å². The third-order valence-corrected chi connectivity index (χ3v) is 5.58. The molecule has 0 saturated carbocycles. The van der Waals surface area contributed by atoms with Gasteiger partial charge in [0.05, 0.1) is 18.2 Å². The molecular weight excluding hydrogens is 505 g/mol. The maximum absolute atomic E-state index is 14.0. The number of hydrogen-bond donors (Lipinski definition) is 1. The highest BCUT2D eigenvalue weighted by atomic mass is 19.4. The van der Waals surface area contributed by atoms with Gasteiger partial charge in [-0.2, -0.15) is 26.3 Å². The van der Waals surface area contributed by atoms with Crippen LogP contribution < -0.4 is 10.1 Å². The third kappa shape index (κ3) is 5.65. The lowest BCUT2D eigenvalue weighted by Gasteiger charge is -2.14. The zero-order valence-corrected chi connectivity index (χ0v) is 19.0. The lowest BCUT2D eigenvalue weighted by atomic mass is 10.0. The van der Waals surface area contributed by atoms with E-state index < -0.39 is 35.2 Å². The summed E-state index contributed by atoms with van der Waals surface area (Å²) in [6.45, 7) is -0.190. The Morgan fingerprint density at radius 1 is 0.838 bits per heavy atom. The molecule has 0 aliphatic heterocycles. The number of aromatic nitrogens is 1. The second-order valence-electron chi connectivity index (χ2n) is 8.04. The quantitative estimate of drug-likeness (QED) is 0.287. The Bertz CT molecular complexity index is 1480. The van der Waals surface area contributed by atoms with Gasteiger partial charge in [0.2, 0.25) is 0 Å². The van der Waals surface area contributed by atoms with Gasteiger partial charge in [0.25, 0.3) is 5.91 Å². The van der Waals surface area contributed by atoms with Crippen molar-refractivity contribution in [2.24, 2.45) is 0 Å². The van der Waals surface area contributed by atoms with Crippen molar-refractivity contribution in [2.45, 2.75) is 18.9 Å². The molecule has 11 heteroatoms. The van der Waals surface area contributed by atoms with E-state index in [-0.39, 0.29) is 29.1 Å². The van der Waals surface area contributed by atoms with E-state index in [9.17, 15) is 35.5 Å². The molecule has 4 aromatic rings. The molecule has 0 atom stereocenters. The zero-order chi connectivity index (χ0) is 27.0. The number of nitrogens with zero attached hydrogens (tertiary/aromatic N) is 1. The number of benzene rings is 3. The standard InChI is InChI=1S/C26H17F7N2O2/c1-37-23-7-2-14(8-20(23)26(31,32)33)12-35-24(36)22-11-17-4-3-15(9-18(17)13-34-22)16-5-6-19(21(27)10-16)25(28,29)30/h2-11,13H,12H2,1H3,(H,35,36). The van der Waals surface area contributed by atoms with Crippen molar-refractivity contribution < 1.29 is 40.3 Å². The normalized spacial score (nSPS) is 12.0. The maximum atomic E-state index is 14.0. The van der Waals surface area contributed by atoms with Crippen molar-refractivity contribution in [3.05, 3.63) is 95.1 Å².